The minimum absolute atomic E-state index is 0.257. The normalized spacial score (nSPS) is 9.08. The maximum absolute atomic E-state index is 11.2. The number of hydrogen-bond donors (Lipinski definition) is 0. The lowest BCUT2D eigenvalue weighted by atomic mass is 10.1. The monoisotopic (exact) mass is 195 g/mol. The van der Waals surface area contributed by atoms with Crippen LogP contribution in [0.1, 0.15) is 15.9 Å². The van der Waals surface area contributed by atoms with Crippen molar-refractivity contribution in [2.24, 2.45) is 4.99 Å². The zero-order valence-electron chi connectivity index (χ0n) is 6.87. The second-order valence-electron chi connectivity index (χ2n) is 2.44. The van der Waals surface area contributed by atoms with E-state index in [-0.39, 0.29) is 5.56 Å². The first kappa shape index (κ1) is 9.65. The Hall–Kier alpha value is -1.44. The molecule has 0 aliphatic heterocycles. The van der Waals surface area contributed by atoms with E-state index in [4.69, 9.17) is 11.6 Å². The molecular formula is C9H6ClNO2. The van der Waals surface area contributed by atoms with Crippen LogP contribution in [0.3, 0.4) is 0 Å². The first-order valence-corrected chi connectivity index (χ1v) is 3.92. The number of hydrogen-bond acceptors (Lipinski definition) is 2. The summed E-state index contributed by atoms with van der Waals surface area (Å²) in [6.07, 6.45) is 1.19. The molecule has 0 N–H and O–H groups in total. The van der Waals surface area contributed by atoms with E-state index in [1.54, 1.807) is 25.1 Å². The molecule has 0 aromatic heterocycles. The second-order valence-corrected chi connectivity index (χ2v) is 2.85. The van der Waals surface area contributed by atoms with Crippen molar-refractivity contribution in [2.45, 2.75) is 6.92 Å². The molecule has 0 aliphatic carbocycles. The summed E-state index contributed by atoms with van der Waals surface area (Å²) < 4.78 is 0. The molecule has 0 atom stereocenters. The summed E-state index contributed by atoms with van der Waals surface area (Å²) in [6, 6.07) is 5.01. The van der Waals surface area contributed by atoms with Gasteiger partial charge in [-0.15, -0.1) is 4.99 Å². The lowest BCUT2D eigenvalue weighted by Gasteiger charge is -2.01. The van der Waals surface area contributed by atoms with Crippen LogP contribution in [0.25, 0.3) is 0 Å². The van der Waals surface area contributed by atoms with Gasteiger partial charge in [0.2, 0.25) is 6.08 Å². The third-order valence-corrected chi connectivity index (χ3v) is 1.90. The molecule has 0 saturated carbocycles. The van der Waals surface area contributed by atoms with Gasteiger partial charge >= 0.3 is 0 Å². The highest BCUT2D eigenvalue weighted by atomic mass is 35.5. The number of nitrogens with zero attached hydrogens (tertiary/aromatic N) is 1. The average Bonchev–Trinajstić information content (AvgIpc) is 2.04. The average molecular weight is 196 g/mol. The molecule has 0 saturated heterocycles. The largest absolute Gasteiger partial charge is 0.289 e. The van der Waals surface area contributed by atoms with Crippen LogP contribution < -0.4 is 0 Å². The molecule has 1 aromatic carbocycles. The van der Waals surface area contributed by atoms with Gasteiger partial charge in [-0.1, -0.05) is 23.7 Å². The molecule has 0 spiro atoms. The highest BCUT2D eigenvalue weighted by Crippen LogP contribution is 2.19. The molecule has 1 rings (SSSR count). The first-order valence-electron chi connectivity index (χ1n) is 3.54. The Bertz CT molecular complexity index is 374. The van der Waals surface area contributed by atoms with Crippen molar-refractivity contribution in [2.75, 3.05) is 0 Å². The number of aryl methyl sites for hydroxylation is 1. The van der Waals surface area contributed by atoms with E-state index >= 15 is 0 Å². The minimum atomic E-state index is -0.655. The highest BCUT2D eigenvalue weighted by Gasteiger charge is 2.11. The number of rotatable bonds is 1. The molecule has 1 aromatic rings. The fourth-order valence-electron chi connectivity index (χ4n) is 1.00. The van der Waals surface area contributed by atoms with Crippen LogP contribution >= 0.6 is 11.6 Å². The van der Waals surface area contributed by atoms with Crippen molar-refractivity contribution in [3.63, 3.8) is 0 Å². The number of amides is 1. The van der Waals surface area contributed by atoms with Crippen molar-refractivity contribution in [1.82, 2.24) is 0 Å². The summed E-state index contributed by atoms with van der Waals surface area (Å²) in [6.45, 7) is 1.72. The predicted octanol–water partition coefficient (Wildman–Crippen LogP) is 2.12. The molecule has 66 valence electrons. The topological polar surface area (TPSA) is 46.5 Å². The summed E-state index contributed by atoms with van der Waals surface area (Å²) >= 11 is 5.75. The number of isocyanates is 1. The maximum Gasteiger partial charge on any atom is 0.289 e. The van der Waals surface area contributed by atoms with Gasteiger partial charge in [-0.2, -0.15) is 0 Å². The summed E-state index contributed by atoms with van der Waals surface area (Å²) in [5, 5.41) is 0.295. The summed E-state index contributed by atoms with van der Waals surface area (Å²) in [5.74, 6) is -0.655. The van der Waals surface area contributed by atoms with Gasteiger partial charge in [0, 0.05) is 0 Å². The quantitative estimate of drug-likeness (QED) is 0.509. The predicted molar refractivity (Wildman–Crippen MR) is 48.6 cm³/mol. The van der Waals surface area contributed by atoms with Crippen molar-refractivity contribution in [1.29, 1.82) is 0 Å². The van der Waals surface area contributed by atoms with Crippen LogP contribution in [0.5, 0.6) is 0 Å². The van der Waals surface area contributed by atoms with E-state index in [1.807, 2.05) is 0 Å². The van der Waals surface area contributed by atoms with Gasteiger partial charge in [0.05, 0.1) is 10.6 Å². The van der Waals surface area contributed by atoms with E-state index in [0.717, 1.165) is 0 Å². The van der Waals surface area contributed by atoms with Crippen LogP contribution in [0, 0.1) is 6.92 Å². The first-order chi connectivity index (χ1) is 6.16. The SMILES string of the molecule is Cc1cccc(Cl)c1C(=O)N=C=O. The van der Waals surface area contributed by atoms with Crippen LogP contribution in [-0.2, 0) is 4.79 Å². The Labute approximate surface area is 80.0 Å². The molecule has 3 nitrogen and oxygen atoms in total. The van der Waals surface area contributed by atoms with E-state index in [0.29, 0.717) is 10.6 Å². The highest BCUT2D eigenvalue weighted by molar-refractivity contribution is 6.34. The molecule has 0 aliphatic rings. The van der Waals surface area contributed by atoms with E-state index in [9.17, 15) is 9.59 Å². The Balaban J connectivity index is 3.27. The second kappa shape index (κ2) is 3.99. The van der Waals surface area contributed by atoms with Crippen LogP contribution in [0.15, 0.2) is 23.2 Å². The zero-order valence-corrected chi connectivity index (χ0v) is 7.63. The Morgan fingerprint density at radius 3 is 2.77 bits per heavy atom. The standard InChI is InChI=1S/C9H6ClNO2/c1-6-3-2-4-7(10)8(6)9(13)11-5-12/h2-4H,1H3. The van der Waals surface area contributed by atoms with Crippen LogP contribution in [0.2, 0.25) is 5.02 Å². The zero-order chi connectivity index (χ0) is 9.84. The fourth-order valence-corrected chi connectivity index (χ4v) is 1.30. The third kappa shape index (κ3) is 2.02. The lowest BCUT2D eigenvalue weighted by Crippen LogP contribution is -1.98. The van der Waals surface area contributed by atoms with E-state index in [2.05, 4.69) is 4.99 Å². The fraction of sp³-hybridized carbons (Fsp3) is 0.111. The molecule has 0 heterocycles. The number of aliphatic imine (C=N–C) groups is 1. The third-order valence-electron chi connectivity index (χ3n) is 1.58. The molecule has 13 heavy (non-hydrogen) atoms. The van der Waals surface area contributed by atoms with Crippen LogP contribution in [0.4, 0.5) is 0 Å². The number of carbonyl (C=O) groups excluding carboxylic acids is 2. The van der Waals surface area contributed by atoms with Gasteiger partial charge in [0.25, 0.3) is 5.91 Å². The lowest BCUT2D eigenvalue weighted by molar-refractivity contribution is 0.100. The number of halogens is 1. The van der Waals surface area contributed by atoms with E-state index in [1.165, 1.54) is 6.08 Å². The Morgan fingerprint density at radius 1 is 1.54 bits per heavy atom. The van der Waals surface area contributed by atoms with E-state index < -0.39 is 5.91 Å². The summed E-state index contributed by atoms with van der Waals surface area (Å²) in [7, 11) is 0. The molecule has 0 radical (unpaired) electrons. The molecule has 1 amide bonds. The minimum Gasteiger partial charge on any atom is -0.266 e. The molecule has 4 heteroatoms. The Morgan fingerprint density at radius 2 is 2.23 bits per heavy atom. The smallest absolute Gasteiger partial charge is 0.266 e. The van der Waals surface area contributed by atoms with Crippen LogP contribution in [-0.4, -0.2) is 12.0 Å². The van der Waals surface area contributed by atoms with Gasteiger partial charge in [-0.25, -0.2) is 4.79 Å². The van der Waals surface area contributed by atoms with Gasteiger partial charge in [-0.05, 0) is 18.6 Å². The van der Waals surface area contributed by atoms with Gasteiger partial charge in [-0.3, -0.25) is 4.79 Å². The van der Waals surface area contributed by atoms with Gasteiger partial charge in [0.15, 0.2) is 0 Å². The van der Waals surface area contributed by atoms with Gasteiger partial charge in [0.1, 0.15) is 0 Å². The van der Waals surface area contributed by atoms with Gasteiger partial charge < -0.3 is 0 Å². The number of carbonyl (C=O) groups is 1. The number of benzene rings is 1. The molecular weight excluding hydrogens is 190 g/mol. The maximum atomic E-state index is 11.2. The van der Waals surface area contributed by atoms with Crippen molar-refractivity contribution in [3.8, 4) is 0 Å². The summed E-state index contributed by atoms with van der Waals surface area (Å²) in [4.78, 5) is 24.0. The van der Waals surface area contributed by atoms with Crippen molar-refractivity contribution in [3.05, 3.63) is 34.3 Å². The molecule has 0 fully saturated rings. The van der Waals surface area contributed by atoms with Crippen molar-refractivity contribution < 1.29 is 9.59 Å². The summed E-state index contributed by atoms with van der Waals surface area (Å²) in [5.41, 5.74) is 0.948. The Kier molecular flexibility index (Phi) is 2.96. The van der Waals surface area contributed by atoms with Crippen molar-refractivity contribution >= 4 is 23.6 Å². The molecule has 0 unspecified atom stereocenters. The molecule has 0 bridgehead atoms.